The summed E-state index contributed by atoms with van der Waals surface area (Å²) in [6.07, 6.45) is -0.722. The lowest BCUT2D eigenvalue weighted by molar-refractivity contribution is 0.0120. The molecule has 0 aromatic carbocycles. The SMILES string of the molecule is CNCOC(=O)OC(C)C(C)C. The van der Waals surface area contributed by atoms with Crippen molar-refractivity contribution in [3.8, 4) is 0 Å². The van der Waals surface area contributed by atoms with Gasteiger partial charge in [-0.3, -0.25) is 5.32 Å². The van der Waals surface area contributed by atoms with E-state index in [1.54, 1.807) is 7.05 Å². The van der Waals surface area contributed by atoms with Gasteiger partial charge in [-0.25, -0.2) is 4.79 Å². The van der Waals surface area contributed by atoms with Crippen molar-refractivity contribution < 1.29 is 14.3 Å². The van der Waals surface area contributed by atoms with Crippen LogP contribution in [-0.4, -0.2) is 26.0 Å². The van der Waals surface area contributed by atoms with Gasteiger partial charge >= 0.3 is 6.16 Å². The highest BCUT2D eigenvalue weighted by Gasteiger charge is 2.13. The fraction of sp³-hybridized carbons (Fsp3) is 0.875. The van der Waals surface area contributed by atoms with E-state index in [2.05, 4.69) is 10.1 Å². The van der Waals surface area contributed by atoms with Crippen LogP contribution in [-0.2, 0) is 9.47 Å². The zero-order valence-corrected chi connectivity index (χ0v) is 8.09. The minimum absolute atomic E-state index is 0.102. The first-order chi connectivity index (χ1) is 5.57. The van der Waals surface area contributed by atoms with Crippen LogP contribution in [0.25, 0.3) is 0 Å². The van der Waals surface area contributed by atoms with E-state index < -0.39 is 6.16 Å². The quantitative estimate of drug-likeness (QED) is 0.517. The second kappa shape index (κ2) is 5.83. The van der Waals surface area contributed by atoms with Crippen LogP contribution in [0.15, 0.2) is 0 Å². The molecule has 0 bridgehead atoms. The topological polar surface area (TPSA) is 47.6 Å². The summed E-state index contributed by atoms with van der Waals surface area (Å²) in [4.78, 5) is 10.8. The summed E-state index contributed by atoms with van der Waals surface area (Å²) in [7, 11) is 1.69. The van der Waals surface area contributed by atoms with Gasteiger partial charge in [0.1, 0.15) is 12.8 Å². The van der Waals surface area contributed by atoms with Gasteiger partial charge in [0.25, 0.3) is 0 Å². The molecule has 1 N–H and O–H groups in total. The number of nitrogens with one attached hydrogen (secondary N) is 1. The Labute approximate surface area is 73.2 Å². The van der Waals surface area contributed by atoms with Crippen molar-refractivity contribution in [3.05, 3.63) is 0 Å². The van der Waals surface area contributed by atoms with Crippen LogP contribution in [0.1, 0.15) is 20.8 Å². The predicted octanol–water partition coefficient (Wildman–Crippen LogP) is 1.36. The molecular weight excluding hydrogens is 158 g/mol. The Morgan fingerprint density at radius 1 is 1.42 bits per heavy atom. The second-order valence-electron chi connectivity index (χ2n) is 2.96. The highest BCUT2D eigenvalue weighted by Crippen LogP contribution is 2.05. The van der Waals surface area contributed by atoms with Crippen LogP contribution < -0.4 is 5.32 Å². The smallest absolute Gasteiger partial charge is 0.431 e. The van der Waals surface area contributed by atoms with Gasteiger partial charge in [0.05, 0.1) is 0 Å². The summed E-state index contributed by atoms with van der Waals surface area (Å²) in [6, 6.07) is 0. The molecule has 0 aromatic rings. The zero-order valence-electron chi connectivity index (χ0n) is 8.09. The molecule has 0 aliphatic heterocycles. The number of carbonyl (C=O) groups is 1. The maximum atomic E-state index is 10.8. The van der Waals surface area contributed by atoms with E-state index in [0.717, 1.165) is 0 Å². The Balaban J connectivity index is 3.54. The van der Waals surface area contributed by atoms with Crippen molar-refractivity contribution in [1.29, 1.82) is 0 Å². The Bertz CT molecular complexity index is 136. The van der Waals surface area contributed by atoms with E-state index in [1.807, 2.05) is 20.8 Å². The number of hydrogen-bond acceptors (Lipinski definition) is 4. The molecule has 0 aliphatic carbocycles. The summed E-state index contributed by atoms with van der Waals surface area (Å²) in [5, 5.41) is 2.68. The molecule has 0 saturated heterocycles. The lowest BCUT2D eigenvalue weighted by Gasteiger charge is -2.15. The van der Waals surface area contributed by atoms with E-state index in [-0.39, 0.29) is 12.8 Å². The van der Waals surface area contributed by atoms with Crippen molar-refractivity contribution in [3.63, 3.8) is 0 Å². The van der Waals surface area contributed by atoms with Crippen molar-refractivity contribution >= 4 is 6.16 Å². The van der Waals surface area contributed by atoms with Gasteiger partial charge in [-0.2, -0.15) is 0 Å². The molecule has 0 heterocycles. The molecule has 1 unspecified atom stereocenters. The monoisotopic (exact) mass is 175 g/mol. The average molecular weight is 175 g/mol. The number of ether oxygens (including phenoxy) is 2. The lowest BCUT2D eigenvalue weighted by atomic mass is 10.1. The largest absolute Gasteiger partial charge is 0.509 e. The second-order valence-corrected chi connectivity index (χ2v) is 2.96. The van der Waals surface area contributed by atoms with Crippen molar-refractivity contribution in [1.82, 2.24) is 5.32 Å². The molecule has 4 nitrogen and oxygen atoms in total. The minimum Gasteiger partial charge on any atom is -0.431 e. The molecule has 4 heteroatoms. The average Bonchev–Trinajstić information content (AvgIpc) is 2.00. The number of hydrogen-bond donors (Lipinski definition) is 1. The molecule has 72 valence electrons. The van der Waals surface area contributed by atoms with E-state index >= 15 is 0 Å². The highest BCUT2D eigenvalue weighted by molar-refractivity contribution is 5.59. The molecule has 1 atom stereocenters. The van der Waals surface area contributed by atoms with Gasteiger partial charge in [0, 0.05) is 0 Å². The number of rotatable bonds is 4. The molecule has 0 rings (SSSR count). The lowest BCUT2D eigenvalue weighted by Crippen LogP contribution is -2.23. The zero-order chi connectivity index (χ0) is 9.56. The maximum Gasteiger partial charge on any atom is 0.509 e. The van der Waals surface area contributed by atoms with Gasteiger partial charge in [-0.05, 0) is 19.9 Å². The van der Waals surface area contributed by atoms with Crippen LogP contribution in [0.2, 0.25) is 0 Å². The van der Waals surface area contributed by atoms with Crippen LogP contribution in [0.3, 0.4) is 0 Å². The van der Waals surface area contributed by atoms with Crippen molar-refractivity contribution in [2.24, 2.45) is 5.92 Å². The Morgan fingerprint density at radius 2 is 2.00 bits per heavy atom. The summed E-state index contributed by atoms with van der Waals surface area (Å²) >= 11 is 0. The van der Waals surface area contributed by atoms with E-state index in [1.165, 1.54) is 0 Å². The number of carbonyl (C=O) groups excluding carboxylic acids is 1. The first-order valence-electron chi connectivity index (χ1n) is 4.06. The van der Waals surface area contributed by atoms with Crippen LogP contribution >= 0.6 is 0 Å². The predicted molar refractivity (Wildman–Crippen MR) is 45.8 cm³/mol. The third kappa shape index (κ3) is 4.96. The third-order valence-electron chi connectivity index (χ3n) is 1.56. The molecule has 0 aromatic heterocycles. The van der Waals surface area contributed by atoms with Crippen LogP contribution in [0, 0.1) is 5.92 Å². The molecule has 0 saturated carbocycles. The molecule has 12 heavy (non-hydrogen) atoms. The van der Waals surface area contributed by atoms with E-state index in [9.17, 15) is 4.79 Å². The summed E-state index contributed by atoms with van der Waals surface area (Å²) in [5.74, 6) is 0.312. The van der Waals surface area contributed by atoms with Gasteiger partial charge < -0.3 is 9.47 Å². The molecular formula is C8H17NO3. The van der Waals surface area contributed by atoms with Gasteiger partial charge in [0.15, 0.2) is 0 Å². The minimum atomic E-state index is -0.620. The summed E-state index contributed by atoms with van der Waals surface area (Å²) < 4.78 is 9.55. The fourth-order valence-corrected chi connectivity index (χ4v) is 0.453. The van der Waals surface area contributed by atoms with E-state index in [0.29, 0.717) is 5.92 Å². The molecule has 0 aliphatic rings. The van der Waals surface area contributed by atoms with Gasteiger partial charge in [-0.1, -0.05) is 13.8 Å². The summed E-state index contributed by atoms with van der Waals surface area (Å²) in [5.41, 5.74) is 0. The van der Waals surface area contributed by atoms with Gasteiger partial charge in [0.2, 0.25) is 0 Å². The van der Waals surface area contributed by atoms with Crippen LogP contribution in [0.4, 0.5) is 4.79 Å². The normalized spacial score (nSPS) is 12.8. The van der Waals surface area contributed by atoms with Crippen molar-refractivity contribution in [2.75, 3.05) is 13.8 Å². The first kappa shape index (κ1) is 11.2. The highest BCUT2D eigenvalue weighted by atomic mass is 16.7. The Kier molecular flexibility index (Phi) is 5.45. The van der Waals surface area contributed by atoms with Crippen LogP contribution in [0.5, 0.6) is 0 Å². The molecule has 0 amide bonds. The summed E-state index contributed by atoms with van der Waals surface area (Å²) in [6.45, 7) is 5.99. The maximum absolute atomic E-state index is 10.8. The van der Waals surface area contributed by atoms with E-state index in [4.69, 9.17) is 4.74 Å². The standard InChI is InChI=1S/C8H17NO3/c1-6(2)7(3)12-8(10)11-5-9-4/h6-7,9H,5H2,1-4H3. The fourth-order valence-electron chi connectivity index (χ4n) is 0.453. The molecule has 0 spiro atoms. The third-order valence-corrected chi connectivity index (χ3v) is 1.56. The Morgan fingerprint density at radius 3 is 2.42 bits per heavy atom. The first-order valence-corrected chi connectivity index (χ1v) is 4.06. The molecule has 0 fully saturated rings. The van der Waals surface area contributed by atoms with Gasteiger partial charge in [-0.15, -0.1) is 0 Å². The molecule has 0 radical (unpaired) electrons. The van der Waals surface area contributed by atoms with Crippen molar-refractivity contribution in [2.45, 2.75) is 26.9 Å². The Hall–Kier alpha value is -0.770.